The van der Waals surface area contributed by atoms with Gasteiger partial charge in [-0.3, -0.25) is 0 Å². The zero-order valence-corrected chi connectivity index (χ0v) is 12.0. The van der Waals surface area contributed by atoms with Crippen molar-refractivity contribution in [3.8, 4) is 0 Å². The Morgan fingerprint density at radius 1 is 0.609 bits per heavy atom. The molecule has 0 unspecified atom stereocenters. The van der Waals surface area contributed by atoms with Crippen LogP contribution in [-0.2, 0) is 0 Å². The highest BCUT2D eigenvalue weighted by atomic mass is 16.4. The van der Waals surface area contributed by atoms with Crippen molar-refractivity contribution in [3.63, 3.8) is 0 Å². The molecule has 0 aliphatic heterocycles. The standard InChI is InChI=1S/C18H11BO4/c20-19(21)14-6-3-5-11-13-9-8-12-10-4-1-2-7-15(10)22-17(12)18(13)23-16(11)14/h1-9,20-21H. The van der Waals surface area contributed by atoms with Crippen molar-refractivity contribution in [3.05, 3.63) is 54.6 Å². The van der Waals surface area contributed by atoms with Crippen LogP contribution >= 0.6 is 0 Å². The number of rotatable bonds is 1. The second-order valence-corrected chi connectivity index (χ2v) is 5.62. The van der Waals surface area contributed by atoms with Gasteiger partial charge in [0.1, 0.15) is 11.2 Å². The van der Waals surface area contributed by atoms with Crippen LogP contribution in [-0.4, -0.2) is 17.2 Å². The molecule has 23 heavy (non-hydrogen) atoms. The molecule has 5 rings (SSSR count). The van der Waals surface area contributed by atoms with E-state index in [1.807, 2.05) is 42.5 Å². The van der Waals surface area contributed by atoms with Gasteiger partial charge in [0.25, 0.3) is 0 Å². The van der Waals surface area contributed by atoms with Crippen LogP contribution in [0, 0.1) is 0 Å². The maximum atomic E-state index is 9.55. The molecule has 0 saturated heterocycles. The lowest BCUT2D eigenvalue weighted by atomic mass is 9.79. The predicted octanol–water partition coefficient (Wildman–Crippen LogP) is 3.17. The molecule has 0 saturated carbocycles. The average molecular weight is 302 g/mol. The Bertz CT molecular complexity index is 1200. The molecule has 0 aliphatic carbocycles. The third-order valence-corrected chi connectivity index (χ3v) is 4.32. The van der Waals surface area contributed by atoms with Crippen molar-refractivity contribution < 1.29 is 18.9 Å². The van der Waals surface area contributed by atoms with Crippen LogP contribution in [0.3, 0.4) is 0 Å². The monoisotopic (exact) mass is 302 g/mol. The van der Waals surface area contributed by atoms with Gasteiger partial charge in [-0.15, -0.1) is 0 Å². The summed E-state index contributed by atoms with van der Waals surface area (Å²) < 4.78 is 12.0. The molecule has 4 nitrogen and oxygen atoms in total. The fourth-order valence-corrected chi connectivity index (χ4v) is 3.26. The van der Waals surface area contributed by atoms with Crippen molar-refractivity contribution >= 4 is 56.5 Å². The summed E-state index contributed by atoms with van der Waals surface area (Å²) in [7, 11) is -1.58. The first-order valence-corrected chi connectivity index (χ1v) is 7.35. The minimum Gasteiger partial charge on any atom is -0.452 e. The van der Waals surface area contributed by atoms with Crippen molar-refractivity contribution in [2.24, 2.45) is 0 Å². The van der Waals surface area contributed by atoms with Gasteiger partial charge in [-0.05, 0) is 18.2 Å². The van der Waals surface area contributed by atoms with E-state index in [0.29, 0.717) is 22.2 Å². The van der Waals surface area contributed by atoms with Gasteiger partial charge in [0.15, 0.2) is 11.2 Å². The van der Waals surface area contributed by atoms with E-state index < -0.39 is 7.12 Å². The van der Waals surface area contributed by atoms with E-state index in [-0.39, 0.29) is 0 Å². The van der Waals surface area contributed by atoms with Crippen LogP contribution in [0.4, 0.5) is 0 Å². The number of fused-ring (bicyclic) bond motifs is 7. The molecule has 0 aliphatic rings. The predicted molar refractivity (Wildman–Crippen MR) is 90.8 cm³/mol. The van der Waals surface area contributed by atoms with E-state index in [4.69, 9.17) is 8.83 Å². The highest BCUT2D eigenvalue weighted by molar-refractivity contribution is 6.61. The lowest BCUT2D eigenvalue weighted by Gasteiger charge is -1.98. The molecule has 2 heterocycles. The van der Waals surface area contributed by atoms with Crippen molar-refractivity contribution in [2.75, 3.05) is 0 Å². The molecule has 3 aromatic carbocycles. The molecular weight excluding hydrogens is 291 g/mol. The minimum absolute atomic E-state index is 0.350. The second kappa shape index (κ2) is 4.38. The highest BCUT2D eigenvalue weighted by Crippen LogP contribution is 2.37. The summed E-state index contributed by atoms with van der Waals surface area (Å²) in [5, 5.41) is 22.9. The van der Waals surface area contributed by atoms with E-state index in [1.54, 1.807) is 12.1 Å². The van der Waals surface area contributed by atoms with E-state index in [2.05, 4.69) is 0 Å². The molecule has 0 fully saturated rings. The van der Waals surface area contributed by atoms with Crippen molar-refractivity contribution in [2.45, 2.75) is 0 Å². The molecule has 0 radical (unpaired) electrons. The summed E-state index contributed by atoms with van der Waals surface area (Å²) in [4.78, 5) is 0. The fourth-order valence-electron chi connectivity index (χ4n) is 3.26. The largest absolute Gasteiger partial charge is 0.492 e. The van der Waals surface area contributed by atoms with Crippen LogP contribution in [0.25, 0.3) is 43.9 Å². The van der Waals surface area contributed by atoms with E-state index >= 15 is 0 Å². The van der Waals surface area contributed by atoms with Crippen LogP contribution in [0.2, 0.25) is 0 Å². The molecule has 0 atom stereocenters. The lowest BCUT2D eigenvalue weighted by molar-refractivity contribution is 0.425. The van der Waals surface area contributed by atoms with E-state index in [1.165, 1.54) is 0 Å². The Balaban J connectivity index is 2.01. The van der Waals surface area contributed by atoms with Crippen molar-refractivity contribution in [1.29, 1.82) is 0 Å². The zero-order chi connectivity index (χ0) is 15.6. The van der Waals surface area contributed by atoms with Crippen LogP contribution in [0.15, 0.2) is 63.4 Å². The summed E-state index contributed by atoms with van der Waals surface area (Å²) in [5.74, 6) is 0. The first kappa shape index (κ1) is 12.8. The maximum Gasteiger partial charge on any atom is 0.492 e. The zero-order valence-electron chi connectivity index (χ0n) is 12.0. The number of hydrogen-bond donors (Lipinski definition) is 2. The van der Waals surface area contributed by atoms with Gasteiger partial charge in [0, 0.05) is 27.0 Å². The Labute approximate surface area is 130 Å². The van der Waals surface area contributed by atoms with Crippen LogP contribution in [0.1, 0.15) is 0 Å². The molecule has 5 aromatic rings. The van der Waals surface area contributed by atoms with Gasteiger partial charge in [-0.2, -0.15) is 0 Å². The van der Waals surface area contributed by atoms with Gasteiger partial charge in [0.05, 0.1) is 0 Å². The second-order valence-electron chi connectivity index (χ2n) is 5.62. The molecule has 2 N–H and O–H groups in total. The molecule has 0 spiro atoms. The van der Waals surface area contributed by atoms with Gasteiger partial charge in [-0.1, -0.05) is 36.4 Å². The summed E-state index contributed by atoms with van der Waals surface area (Å²) in [6.45, 7) is 0. The molecular formula is C18H11BO4. The smallest absolute Gasteiger partial charge is 0.452 e. The normalized spacial score (nSPS) is 11.9. The third kappa shape index (κ3) is 1.63. The number of furan rings is 2. The maximum absolute atomic E-state index is 9.55. The quantitative estimate of drug-likeness (QED) is 0.467. The number of benzene rings is 3. The average Bonchev–Trinajstić information content (AvgIpc) is 3.12. The van der Waals surface area contributed by atoms with Crippen LogP contribution in [0.5, 0.6) is 0 Å². The molecule has 5 heteroatoms. The third-order valence-electron chi connectivity index (χ3n) is 4.32. The van der Waals surface area contributed by atoms with E-state index in [0.717, 1.165) is 27.1 Å². The van der Waals surface area contributed by atoms with Gasteiger partial charge in [0.2, 0.25) is 0 Å². The summed E-state index contributed by atoms with van der Waals surface area (Å²) >= 11 is 0. The summed E-state index contributed by atoms with van der Waals surface area (Å²) in [5.41, 5.74) is 2.94. The summed E-state index contributed by atoms with van der Waals surface area (Å²) in [6.07, 6.45) is 0. The molecule has 2 aromatic heterocycles. The minimum atomic E-state index is -1.58. The molecule has 110 valence electrons. The Kier molecular flexibility index (Phi) is 2.43. The number of para-hydroxylation sites is 2. The van der Waals surface area contributed by atoms with Crippen molar-refractivity contribution in [1.82, 2.24) is 0 Å². The summed E-state index contributed by atoms with van der Waals surface area (Å²) in [6, 6.07) is 17.2. The first-order chi connectivity index (χ1) is 11.2. The Hall–Kier alpha value is -2.76. The Morgan fingerprint density at radius 2 is 1.26 bits per heavy atom. The lowest BCUT2D eigenvalue weighted by Crippen LogP contribution is -2.29. The first-order valence-electron chi connectivity index (χ1n) is 7.35. The van der Waals surface area contributed by atoms with Crippen LogP contribution < -0.4 is 5.46 Å². The van der Waals surface area contributed by atoms with Gasteiger partial charge in [-0.25, -0.2) is 0 Å². The molecule has 0 bridgehead atoms. The van der Waals surface area contributed by atoms with Gasteiger partial charge >= 0.3 is 7.12 Å². The van der Waals surface area contributed by atoms with Gasteiger partial charge < -0.3 is 18.9 Å². The SMILES string of the molecule is OB(O)c1cccc2c1oc1c2ccc2c3ccccc3oc21. The molecule has 0 amide bonds. The van der Waals surface area contributed by atoms with E-state index in [9.17, 15) is 10.0 Å². The Morgan fingerprint density at radius 3 is 2.09 bits per heavy atom. The number of hydrogen-bond acceptors (Lipinski definition) is 4. The topological polar surface area (TPSA) is 66.7 Å². The highest BCUT2D eigenvalue weighted by Gasteiger charge is 2.21. The fraction of sp³-hybridized carbons (Fsp3) is 0.